The molecule has 0 atom stereocenters. The molecule has 0 radical (unpaired) electrons. The molecule has 4 nitrogen and oxygen atoms in total. The third-order valence-electron chi connectivity index (χ3n) is 5.86. The molecule has 1 aromatic carbocycles. The van der Waals surface area contributed by atoms with Crippen LogP contribution in [0.1, 0.15) is 67.4 Å². The number of nitrogens with zero attached hydrogens (tertiary/aromatic N) is 1. The number of nitrogens with one attached hydrogen (secondary N) is 1. The Labute approximate surface area is 157 Å². The van der Waals surface area contributed by atoms with E-state index in [1.54, 1.807) is 0 Å². The summed E-state index contributed by atoms with van der Waals surface area (Å²) in [6.45, 7) is 6.42. The summed E-state index contributed by atoms with van der Waals surface area (Å²) in [6.07, 6.45) is 7.66. The Hall–Kier alpha value is -1.68. The van der Waals surface area contributed by atoms with Crippen LogP contribution in [-0.2, 0) is 17.6 Å². The highest BCUT2D eigenvalue weighted by atomic mass is 16.2. The minimum absolute atomic E-state index is 0.0327. The summed E-state index contributed by atoms with van der Waals surface area (Å²) >= 11 is 0. The molecular weight excluding hydrogens is 324 g/mol. The minimum atomic E-state index is 0.0327. The van der Waals surface area contributed by atoms with Gasteiger partial charge in [-0.1, -0.05) is 45.2 Å². The van der Waals surface area contributed by atoms with E-state index in [1.165, 1.54) is 30.4 Å². The van der Waals surface area contributed by atoms with Crippen molar-refractivity contribution in [1.29, 1.82) is 0 Å². The van der Waals surface area contributed by atoms with E-state index >= 15 is 0 Å². The van der Waals surface area contributed by atoms with Gasteiger partial charge in [0.2, 0.25) is 5.91 Å². The number of hydrogen-bond acceptors (Lipinski definition) is 3. The fourth-order valence-corrected chi connectivity index (χ4v) is 4.12. The Morgan fingerprint density at radius 1 is 1.08 bits per heavy atom. The molecule has 0 spiro atoms. The number of carbonyl (C=O) groups excluding carboxylic acids is 2. The summed E-state index contributed by atoms with van der Waals surface area (Å²) in [6, 6.07) is 6.18. The maximum absolute atomic E-state index is 12.4. The van der Waals surface area contributed by atoms with E-state index in [0.717, 1.165) is 44.3 Å². The van der Waals surface area contributed by atoms with Gasteiger partial charge in [0.15, 0.2) is 5.78 Å². The van der Waals surface area contributed by atoms with Gasteiger partial charge >= 0.3 is 0 Å². The van der Waals surface area contributed by atoms with Crippen LogP contribution in [0.2, 0.25) is 0 Å². The van der Waals surface area contributed by atoms with Crippen molar-refractivity contribution in [2.24, 2.45) is 11.8 Å². The fourth-order valence-electron chi connectivity index (χ4n) is 4.12. The molecule has 142 valence electrons. The molecule has 1 aromatic rings. The number of carbonyl (C=O) groups is 2. The molecule has 0 saturated heterocycles. The van der Waals surface area contributed by atoms with Gasteiger partial charge in [0.05, 0.1) is 6.67 Å². The normalized spacial score (nSPS) is 19.0. The zero-order chi connectivity index (χ0) is 18.5. The van der Waals surface area contributed by atoms with E-state index in [2.05, 4.69) is 22.3 Å². The monoisotopic (exact) mass is 356 g/mol. The summed E-state index contributed by atoms with van der Waals surface area (Å²) in [5.74, 6) is 0.702. The molecule has 0 aromatic heterocycles. The average molecular weight is 357 g/mol. The van der Waals surface area contributed by atoms with E-state index in [1.807, 2.05) is 19.9 Å². The quantitative estimate of drug-likeness (QED) is 0.821. The predicted molar refractivity (Wildman–Crippen MR) is 104 cm³/mol. The highest BCUT2D eigenvalue weighted by molar-refractivity contribution is 5.97. The molecule has 1 amide bonds. The lowest BCUT2D eigenvalue weighted by molar-refractivity contribution is -0.126. The lowest BCUT2D eigenvalue weighted by Crippen LogP contribution is -2.41. The topological polar surface area (TPSA) is 49.4 Å². The van der Waals surface area contributed by atoms with Gasteiger partial charge in [-0.3, -0.25) is 14.5 Å². The lowest BCUT2D eigenvalue weighted by Gasteiger charge is -2.24. The third kappa shape index (κ3) is 4.73. The molecule has 1 heterocycles. The van der Waals surface area contributed by atoms with Gasteiger partial charge in [-0.05, 0) is 42.9 Å². The van der Waals surface area contributed by atoms with E-state index in [4.69, 9.17) is 0 Å². The van der Waals surface area contributed by atoms with E-state index in [9.17, 15) is 9.59 Å². The smallest absolute Gasteiger partial charge is 0.224 e. The first-order chi connectivity index (χ1) is 12.5. The zero-order valence-corrected chi connectivity index (χ0v) is 16.2. The highest BCUT2D eigenvalue weighted by Gasteiger charge is 2.22. The van der Waals surface area contributed by atoms with Crippen molar-refractivity contribution < 1.29 is 9.59 Å². The van der Waals surface area contributed by atoms with Gasteiger partial charge in [-0.2, -0.15) is 0 Å². The first kappa shape index (κ1) is 19.1. The van der Waals surface area contributed by atoms with E-state index in [-0.39, 0.29) is 23.5 Å². The summed E-state index contributed by atoms with van der Waals surface area (Å²) in [5.41, 5.74) is 3.46. The predicted octanol–water partition coefficient (Wildman–Crippen LogP) is 3.58. The second kappa shape index (κ2) is 8.81. The van der Waals surface area contributed by atoms with Crippen LogP contribution < -0.4 is 5.32 Å². The molecule has 0 unspecified atom stereocenters. The molecule has 26 heavy (non-hydrogen) atoms. The van der Waals surface area contributed by atoms with Crippen LogP contribution in [0, 0.1) is 11.8 Å². The molecule has 4 heteroatoms. The Balaban J connectivity index is 1.54. The van der Waals surface area contributed by atoms with Crippen LogP contribution in [0.25, 0.3) is 0 Å². The minimum Gasteiger partial charge on any atom is -0.343 e. The van der Waals surface area contributed by atoms with Crippen molar-refractivity contribution >= 4 is 11.7 Å². The van der Waals surface area contributed by atoms with Gasteiger partial charge in [0.25, 0.3) is 0 Å². The first-order valence-electron chi connectivity index (χ1n) is 10.2. The van der Waals surface area contributed by atoms with Crippen LogP contribution >= 0.6 is 0 Å². The van der Waals surface area contributed by atoms with Crippen molar-refractivity contribution in [2.45, 2.75) is 58.8 Å². The maximum atomic E-state index is 12.4. The first-order valence-corrected chi connectivity index (χ1v) is 10.2. The Bertz CT molecular complexity index is 648. The Morgan fingerprint density at radius 2 is 1.77 bits per heavy atom. The average Bonchev–Trinajstić information content (AvgIpc) is 2.87. The molecular formula is C22H32N2O2. The molecule has 1 saturated carbocycles. The molecule has 1 aliphatic carbocycles. The summed E-state index contributed by atoms with van der Waals surface area (Å²) < 4.78 is 0. The van der Waals surface area contributed by atoms with Crippen molar-refractivity contribution in [3.8, 4) is 0 Å². The van der Waals surface area contributed by atoms with Crippen LogP contribution in [0.4, 0.5) is 0 Å². The molecule has 1 N–H and O–H groups in total. The van der Waals surface area contributed by atoms with Crippen LogP contribution in [0.15, 0.2) is 18.2 Å². The number of fused-ring (bicyclic) bond motifs is 1. The van der Waals surface area contributed by atoms with Crippen molar-refractivity contribution in [2.75, 3.05) is 19.8 Å². The molecule has 0 bridgehead atoms. The Kier molecular flexibility index (Phi) is 6.47. The molecule has 2 aliphatic rings. The van der Waals surface area contributed by atoms with E-state index < -0.39 is 0 Å². The van der Waals surface area contributed by atoms with Crippen molar-refractivity contribution in [1.82, 2.24) is 10.2 Å². The van der Waals surface area contributed by atoms with E-state index in [0.29, 0.717) is 6.67 Å². The van der Waals surface area contributed by atoms with Gasteiger partial charge < -0.3 is 5.32 Å². The summed E-state index contributed by atoms with van der Waals surface area (Å²) in [5, 5.41) is 3.15. The van der Waals surface area contributed by atoms with Crippen LogP contribution in [0.5, 0.6) is 0 Å². The fraction of sp³-hybridized carbons (Fsp3) is 0.636. The second-order valence-corrected chi connectivity index (χ2v) is 8.15. The third-order valence-corrected chi connectivity index (χ3v) is 5.86. The molecule has 1 fully saturated rings. The number of ketones is 1. The maximum Gasteiger partial charge on any atom is 0.224 e. The molecule has 1 aliphatic heterocycles. The van der Waals surface area contributed by atoms with Gasteiger partial charge in [0.1, 0.15) is 0 Å². The number of Topliss-reactive ketones (excluding diaryl/α,β-unsaturated/α-hetero) is 1. The summed E-state index contributed by atoms with van der Waals surface area (Å²) in [7, 11) is 0. The van der Waals surface area contributed by atoms with Crippen LogP contribution in [-0.4, -0.2) is 36.3 Å². The van der Waals surface area contributed by atoms with Crippen LogP contribution in [0.3, 0.4) is 0 Å². The second-order valence-electron chi connectivity index (χ2n) is 8.15. The largest absolute Gasteiger partial charge is 0.343 e. The highest BCUT2D eigenvalue weighted by Crippen LogP contribution is 2.24. The van der Waals surface area contributed by atoms with Crippen molar-refractivity contribution in [3.05, 3.63) is 34.9 Å². The zero-order valence-electron chi connectivity index (χ0n) is 16.2. The number of benzene rings is 1. The van der Waals surface area contributed by atoms with Crippen molar-refractivity contribution in [3.63, 3.8) is 0 Å². The Morgan fingerprint density at radius 3 is 2.46 bits per heavy atom. The summed E-state index contributed by atoms with van der Waals surface area (Å²) in [4.78, 5) is 26.9. The van der Waals surface area contributed by atoms with Gasteiger partial charge in [-0.25, -0.2) is 0 Å². The standard InChI is InChI=1S/C22H32N2O2/c1-16(2)21(25)20-9-8-17-10-12-24(13-11-19(17)14-20)15-23-22(26)18-6-4-3-5-7-18/h8-9,14,16,18H,3-7,10-13,15H2,1-2H3,(H,23,26). The van der Waals surface area contributed by atoms with Gasteiger partial charge in [-0.15, -0.1) is 0 Å². The van der Waals surface area contributed by atoms with Gasteiger partial charge in [0, 0.05) is 30.5 Å². The SMILES string of the molecule is CC(C)C(=O)c1ccc2c(c1)CCN(CNC(=O)C1CCCCC1)CC2. The lowest BCUT2D eigenvalue weighted by atomic mass is 9.89. The molecule has 3 rings (SSSR count). The number of rotatable bonds is 5. The number of hydrogen-bond donors (Lipinski definition) is 1. The number of amides is 1.